The third kappa shape index (κ3) is 2.75. The van der Waals surface area contributed by atoms with Crippen LogP contribution in [0.1, 0.15) is 5.56 Å². The topological polar surface area (TPSA) is 55.1 Å². The van der Waals surface area contributed by atoms with Crippen molar-refractivity contribution in [3.05, 3.63) is 29.8 Å². The fourth-order valence-electron chi connectivity index (χ4n) is 1.07. The van der Waals surface area contributed by atoms with Crippen LogP contribution in [0.3, 0.4) is 0 Å². The van der Waals surface area contributed by atoms with Gasteiger partial charge in [0.1, 0.15) is 0 Å². The molecular weight excluding hydrogens is 184 g/mol. The Kier molecular flexibility index (Phi) is 3.79. The number of hydrogen-bond acceptors (Lipinski definition) is 3. The first kappa shape index (κ1) is 10.1. The van der Waals surface area contributed by atoms with E-state index in [1.54, 1.807) is 11.8 Å². The van der Waals surface area contributed by atoms with E-state index >= 15 is 0 Å². The number of carbonyl (C=O) groups excluding carboxylic acids is 1. The molecular formula is C9H12N2OS. The van der Waals surface area contributed by atoms with Gasteiger partial charge in [0.2, 0.25) is 5.91 Å². The standard InChI is InChI=1S/C9H12N2OS/c1-13-8-5-3-2-4-7(8)6-9(12)11-10/h2-5H,6,10H2,1H3,(H,11,12). The Morgan fingerprint density at radius 3 is 2.85 bits per heavy atom. The molecule has 0 saturated carbocycles. The summed E-state index contributed by atoms with van der Waals surface area (Å²) < 4.78 is 0. The van der Waals surface area contributed by atoms with Crippen LogP contribution in [0.15, 0.2) is 29.2 Å². The molecule has 1 rings (SSSR count). The van der Waals surface area contributed by atoms with Gasteiger partial charge in [-0.3, -0.25) is 10.2 Å². The number of amides is 1. The van der Waals surface area contributed by atoms with Crippen molar-refractivity contribution in [1.82, 2.24) is 5.43 Å². The number of hydrogen-bond donors (Lipinski definition) is 2. The van der Waals surface area contributed by atoms with Crippen molar-refractivity contribution in [3.8, 4) is 0 Å². The van der Waals surface area contributed by atoms with Crippen molar-refractivity contribution in [2.75, 3.05) is 6.26 Å². The molecule has 1 amide bonds. The Bertz CT molecular complexity index is 301. The predicted octanol–water partition coefficient (Wildman–Crippen LogP) is 0.941. The predicted molar refractivity (Wildman–Crippen MR) is 54.3 cm³/mol. The van der Waals surface area contributed by atoms with Crippen LogP contribution < -0.4 is 11.3 Å². The second-order valence-electron chi connectivity index (χ2n) is 2.56. The normalized spacial score (nSPS) is 9.69. The number of nitrogens with one attached hydrogen (secondary N) is 1. The van der Waals surface area contributed by atoms with Gasteiger partial charge in [-0.25, -0.2) is 5.84 Å². The molecule has 0 spiro atoms. The third-order valence-electron chi connectivity index (χ3n) is 1.70. The van der Waals surface area contributed by atoms with Crippen molar-refractivity contribution < 1.29 is 4.79 Å². The number of benzene rings is 1. The molecule has 70 valence electrons. The highest BCUT2D eigenvalue weighted by atomic mass is 32.2. The summed E-state index contributed by atoms with van der Waals surface area (Å²) in [7, 11) is 0. The van der Waals surface area contributed by atoms with E-state index in [4.69, 9.17) is 5.84 Å². The minimum atomic E-state index is -0.165. The van der Waals surface area contributed by atoms with E-state index in [1.165, 1.54) is 0 Å². The minimum absolute atomic E-state index is 0.165. The van der Waals surface area contributed by atoms with Gasteiger partial charge in [0.15, 0.2) is 0 Å². The fraction of sp³-hybridized carbons (Fsp3) is 0.222. The van der Waals surface area contributed by atoms with Crippen LogP contribution in [0.2, 0.25) is 0 Å². The monoisotopic (exact) mass is 196 g/mol. The molecule has 0 aromatic heterocycles. The van der Waals surface area contributed by atoms with Crippen molar-refractivity contribution in [2.45, 2.75) is 11.3 Å². The highest BCUT2D eigenvalue weighted by Gasteiger charge is 2.04. The van der Waals surface area contributed by atoms with Gasteiger partial charge in [-0.15, -0.1) is 11.8 Å². The van der Waals surface area contributed by atoms with E-state index in [-0.39, 0.29) is 5.91 Å². The molecule has 0 aliphatic heterocycles. The lowest BCUT2D eigenvalue weighted by atomic mass is 10.1. The molecule has 1 aromatic carbocycles. The van der Waals surface area contributed by atoms with E-state index in [1.807, 2.05) is 30.5 Å². The number of nitrogens with two attached hydrogens (primary N) is 1. The molecule has 1 aromatic rings. The summed E-state index contributed by atoms with van der Waals surface area (Å²) in [6.45, 7) is 0. The van der Waals surface area contributed by atoms with Crippen LogP contribution >= 0.6 is 11.8 Å². The van der Waals surface area contributed by atoms with Crippen LogP contribution in [-0.4, -0.2) is 12.2 Å². The van der Waals surface area contributed by atoms with Crippen molar-refractivity contribution in [2.24, 2.45) is 5.84 Å². The van der Waals surface area contributed by atoms with E-state index in [0.29, 0.717) is 6.42 Å². The van der Waals surface area contributed by atoms with Crippen LogP contribution in [-0.2, 0) is 11.2 Å². The average molecular weight is 196 g/mol. The van der Waals surface area contributed by atoms with Crippen LogP contribution in [0.4, 0.5) is 0 Å². The average Bonchev–Trinajstić information content (AvgIpc) is 2.18. The molecule has 0 fully saturated rings. The van der Waals surface area contributed by atoms with Gasteiger partial charge >= 0.3 is 0 Å². The molecule has 0 saturated heterocycles. The summed E-state index contributed by atoms with van der Waals surface area (Å²) in [5, 5.41) is 0. The largest absolute Gasteiger partial charge is 0.294 e. The van der Waals surface area contributed by atoms with Crippen LogP contribution in [0, 0.1) is 0 Å². The molecule has 0 aliphatic carbocycles. The second-order valence-corrected chi connectivity index (χ2v) is 3.40. The lowest BCUT2D eigenvalue weighted by Crippen LogP contribution is -2.31. The zero-order valence-corrected chi connectivity index (χ0v) is 8.23. The lowest BCUT2D eigenvalue weighted by Gasteiger charge is -2.05. The third-order valence-corrected chi connectivity index (χ3v) is 2.54. The minimum Gasteiger partial charge on any atom is -0.294 e. The highest BCUT2D eigenvalue weighted by Crippen LogP contribution is 2.19. The molecule has 3 nitrogen and oxygen atoms in total. The lowest BCUT2D eigenvalue weighted by molar-refractivity contribution is -0.120. The summed E-state index contributed by atoms with van der Waals surface area (Å²) in [6.07, 6.45) is 2.33. The van der Waals surface area contributed by atoms with Gasteiger partial charge in [0.25, 0.3) is 0 Å². The van der Waals surface area contributed by atoms with Crippen LogP contribution in [0.25, 0.3) is 0 Å². The molecule has 0 bridgehead atoms. The Morgan fingerprint density at radius 2 is 2.23 bits per heavy atom. The molecule has 13 heavy (non-hydrogen) atoms. The highest BCUT2D eigenvalue weighted by molar-refractivity contribution is 7.98. The van der Waals surface area contributed by atoms with Gasteiger partial charge in [-0.1, -0.05) is 18.2 Å². The maximum atomic E-state index is 11.0. The Morgan fingerprint density at radius 1 is 1.54 bits per heavy atom. The van der Waals surface area contributed by atoms with Gasteiger partial charge < -0.3 is 0 Å². The SMILES string of the molecule is CSc1ccccc1CC(=O)NN. The maximum absolute atomic E-state index is 11.0. The summed E-state index contributed by atoms with van der Waals surface area (Å²) in [5.74, 6) is 4.84. The zero-order valence-electron chi connectivity index (χ0n) is 7.41. The van der Waals surface area contributed by atoms with Gasteiger partial charge in [0, 0.05) is 4.90 Å². The first-order chi connectivity index (χ1) is 6.27. The molecule has 4 heteroatoms. The molecule has 0 aliphatic rings. The molecule has 0 unspecified atom stereocenters. The van der Waals surface area contributed by atoms with Crippen molar-refractivity contribution >= 4 is 17.7 Å². The van der Waals surface area contributed by atoms with Crippen molar-refractivity contribution in [1.29, 1.82) is 0 Å². The first-order valence-electron chi connectivity index (χ1n) is 3.89. The van der Waals surface area contributed by atoms with Gasteiger partial charge in [0.05, 0.1) is 6.42 Å². The number of thioether (sulfide) groups is 1. The van der Waals surface area contributed by atoms with Crippen LogP contribution in [0.5, 0.6) is 0 Å². The molecule has 3 N–H and O–H groups in total. The van der Waals surface area contributed by atoms with E-state index in [2.05, 4.69) is 5.43 Å². The smallest absolute Gasteiger partial charge is 0.238 e. The number of carbonyl (C=O) groups is 1. The maximum Gasteiger partial charge on any atom is 0.238 e. The summed E-state index contributed by atoms with van der Waals surface area (Å²) in [4.78, 5) is 12.1. The Hall–Kier alpha value is -1.00. The summed E-state index contributed by atoms with van der Waals surface area (Å²) in [6, 6.07) is 7.79. The molecule has 0 radical (unpaired) electrons. The van der Waals surface area contributed by atoms with Gasteiger partial charge in [-0.05, 0) is 17.9 Å². The van der Waals surface area contributed by atoms with E-state index in [9.17, 15) is 4.79 Å². The van der Waals surface area contributed by atoms with E-state index < -0.39 is 0 Å². The molecule has 0 heterocycles. The Labute approximate surface area is 81.7 Å². The van der Waals surface area contributed by atoms with Crippen molar-refractivity contribution in [3.63, 3.8) is 0 Å². The van der Waals surface area contributed by atoms with E-state index in [0.717, 1.165) is 10.5 Å². The fourth-order valence-corrected chi connectivity index (χ4v) is 1.69. The number of rotatable bonds is 3. The first-order valence-corrected chi connectivity index (χ1v) is 5.11. The quantitative estimate of drug-likeness (QED) is 0.327. The van der Waals surface area contributed by atoms with Gasteiger partial charge in [-0.2, -0.15) is 0 Å². The molecule has 0 atom stereocenters. The Balaban J connectivity index is 2.81. The summed E-state index contributed by atoms with van der Waals surface area (Å²) >= 11 is 1.63. The zero-order chi connectivity index (χ0) is 9.68. The second kappa shape index (κ2) is 4.89. The summed E-state index contributed by atoms with van der Waals surface area (Å²) in [5.41, 5.74) is 3.13. The number of hydrazine groups is 1.